The van der Waals surface area contributed by atoms with E-state index >= 15 is 0 Å². The first-order valence-corrected chi connectivity index (χ1v) is 7.42. The van der Waals surface area contributed by atoms with Gasteiger partial charge in [0.2, 0.25) is 0 Å². The van der Waals surface area contributed by atoms with Crippen LogP contribution in [-0.2, 0) is 6.42 Å². The van der Waals surface area contributed by atoms with Crippen LogP contribution in [0.1, 0.15) is 15.6 Å². The van der Waals surface area contributed by atoms with E-state index < -0.39 is 0 Å². The summed E-state index contributed by atoms with van der Waals surface area (Å²) in [6, 6.07) is 8.04. The third-order valence-corrected chi connectivity index (χ3v) is 4.32. The number of thiazole rings is 1. The van der Waals surface area contributed by atoms with Crippen molar-refractivity contribution < 1.29 is 0 Å². The summed E-state index contributed by atoms with van der Waals surface area (Å²) in [5, 5.41) is 5.59. The molecule has 0 aliphatic heterocycles. The first-order valence-electron chi connectivity index (χ1n) is 6.60. The Labute approximate surface area is 121 Å². The maximum Gasteiger partial charge on any atom is 0.137 e. The SMILES string of the molecule is Cc1nc(C)c(CCNc2ncnc3ccccc23)s1. The zero-order valence-corrected chi connectivity index (χ0v) is 12.4. The molecule has 0 aliphatic rings. The van der Waals surface area contributed by atoms with Crippen molar-refractivity contribution in [1.82, 2.24) is 15.0 Å². The second-order valence-corrected chi connectivity index (χ2v) is 5.95. The normalized spacial score (nSPS) is 10.9. The Bertz CT molecular complexity index is 730. The zero-order valence-electron chi connectivity index (χ0n) is 11.6. The minimum Gasteiger partial charge on any atom is -0.369 e. The summed E-state index contributed by atoms with van der Waals surface area (Å²) in [6.07, 6.45) is 2.57. The Kier molecular flexibility index (Phi) is 3.60. The van der Waals surface area contributed by atoms with Crippen LogP contribution in [0.5, 0.6) is 0 Å². The predicted molar refractivity (Wildman–Crippen MR) is 83.3 cm³/mol. The van der Waals surface area contributed by atoms with Crippen molar-refractivity contribution in [3.63, 3.8) is 0 Å². The molecular weight excluding hydrogens is 268 g/mol. The van der Waals surface area contributed by atoms with E-state index in [-0.39, 0.29) is 0 Å². The molecule has 0 unspecified atom stereocenters. The van der Waals surface area contributed by atoms with Gasteiger partial charge in [-0.15, -0.1) is 11.3 Å². The fourth-order valence-corrected chi connectivity index (χ4v) is 3.18. The molecule has 0 fully saturated rings. The van der Waals surface area contributed by atoms with Crippen LogP contribution in [0.3, 0.4) is 0 Å². The minimum atomic E-state index is 0.851. The molecule has 1 N–H and O–H groups in total. The Morgan fingerprint density at radius 2 is 2.00 bits per heavy atom. The van der Waals surface area contributed by atoms with Crippen molar-refractivity contribution in [1.29, 1.82) is 0 Å². The highest BCUT2D eigenvalue weighted by Gasteiger charge is 2.06. The van der Waals surface area contributed by atoms with Crippen molar-refractivity contribution in [2.24, 2.45) is 0 Å². The van der Waals surface area contributed by atoms with Gasteiger partial charge in [0, 0.05) is 23.2 Å². The van der Waals surface area contributed by atoms with E-state index in [1.54, 1.807) is 17.7 Å². The third kappa shape index (κ3) is 2.63. The molecule has 3 aromatic rings. The molecule has 0 atom stereocenters. The second kappa shape index (κ2) is 5.54. The van der Waals surface area contributed by atoms with Gasteiger partial charge in [-0.2, -0.15) is 0 Å². The topological polar surface area (TPSA) is 50.7 Å². The van der Waals surface area contributed by atoms with E-state index in [9.17, 15) is 0 Å². The number of fused-ring (bicyclic) bond motifs is 1. The zero-order chi connectivity index (χ0) is 13.9. The van der Waals surface area contributed by atoms with Gasteiger partial charge in [0.05, 0.1) is 16.2 Å². The monoisotopic (exact) mass is 284 g/mol. The summed E-state index contributed by atoms with van der Waals surface area (Å²) in [4.78, 5) is 14.4. The largest absolute Gasteiger partial charge is 0.369 e. The van der Waals surface area contributed by atoms with Crippen LogP contribution >= 0.6 is 11.3 Å². The average molecular weight is 284 g/mol. The lowest BCUT2D eigenvalue weighted by Gasteiger charge is -2.07. The standard InChI is InChI=1S/C15H16N4S/c1-10-14(20-11(2)19-10)7-8-16-15-12-5-3-4-6-13(12)17-9-18-15/h3-6,9H,7-8H2,1-2H3,(H,16,17,18). The van der Waals surface area contributed by atoms with Gasteiger partial charge < -0.3 is 5.32 Å². The fourth-order valence-electron chi connectivity index (χ4n) is 2.25. The number of para-hydroxylation sites is 1. The highest BCUT2D eigenvalue weighted by molar-refractivity contribution is 7.11. The predicted octanol–water partition coefficient (Wildman–Crippen LogP) is 3.36. The number of nitrogens with one attached hydrogen (secondary N) is 1. The summed E-state index contributed by atoms with van der Waals surface area (Å²) in [5.74, 6) is 0.898. The van der Waals surface area contributed by atoms with Gasteiger partial charge in [-0.25, -0.2) is 15.0 Å². The molecule has 0 amide bonds. The van der Waals surface area contributed by atoms with Crippen LogP contribution in [0.15, 0.2) is 30.6 Å². The number of benzene rings is 1. The van der Waals surface area contributed by atoms with Gasteiger partial charge >= 0.3 is 0 Å². The lowest BCUT2D eigenvalue weighted by Crippen LogP contribution is -2.07. The maximum atomic E-state index is 4.45. The van der Waals surface area contributed by atoms with Crippen LogP contribution in [0.2, 0.25) is 0 Å². The summed E-state index contributed by atoms with van der Waals surface area (Å²) in [6.45, 7) is 4.97. The molecule has 0 saturated heterocycles. The van der Waals surface area contributed by atoms with Gasteiger partial charge in [-0.1, -0.05) is 12.1 Å². The molecule has 0 spiro atoms. The van der Waals surface area contributed by atoms with E-state index in [0.29, 0.717) is 0 Å². The third-order valence-electron chi connectivity index (χ3n) is 3.19. The lowest BCUT2D eigenvalue weighted by atomic mass is 10.2. The maximum absolute atomic E-state index is 4.45. The molecule has 1 aromatic carbocycles. The number of anilines is 1. The molecule has 102 valence electrons. The molecule has 4 nitrogen and oxygen atoms in total. The highest BCUT2D eigenvalue weighted by Crippen LogP contribution is 2.20. The van der Waals surface area contributed by atoms with Crippen LogP contribution in [-0.4, -0.2) is 21.5 Å². The fraction of sp³-hybridized carbons (Fsp3) is 0.267. The first-order chi connectivity index (χ1) is 9.74. The summed E-state index contributed by atoms with van der Waals surface area (Å²) < 4.78 is 0. The van der Waals surface area contributed by atoms with E-state index in [1.165, 1.54) is 4.88 Å². The van der Waals surface area contributed by atoms with Crippen molar-refractivity contribution in [2.75, 3.05) is 11.9 Å². The average Bonchev–Trinajstić information content (AvgIpc) is 2.77. The van der Waals surface area contributed by atoms with Gasteiger partial charge in [0.1, 0.15) is 12.1 Å². The van der Waals surface area contributed by atoms with Crippen LogP contribution < -0.4 is 5.32 Å². The summed E-state index contributed by atoms with van der Waals surface area (Å²) in [7, 11) is 0. The molecule has 2 heterocycles. The Balaban J connectivity index is 1.73. The van der Waals surface area contributed by atoms with E-state index in [0.717, 1.165) is 40.4 Å². The van der Waals surface area contributed by atoms with Gasteiger partial charge in [0.15, 0.2) is 0 Å². The van der Waals surface area contributed by atoms with Gasteiger partial charge in [-0.05, 0) is 26.0 Å². The van der Waals surface area contributed by atoms with Crippen molar-refractivity contribution in [3.05, 3.63) is 46.2 Å². The molecule has 2 aromatic heterocycles. The van der Waals surface area contributed by atoms with Crippen molar-refractivity contribution in [3.8, 4) is 0 Å². The van der Waals surface area contributed by atoms with Gasteiger partial charge in [0.25, 0.3) is 0 Å². The van der Waals surface area contributed by atoms with Crippen molar-refractivity contribution >= 4 is 28.1 Å². The number of hydrogen-bond donors (Lipinski definition) is 1. The number of aryl methyl sites for hydroxylation is 2. The van der Waals surface area contributed by atoms with Crippen LogP contribution in [0, 0.1) is 13.8 Å². The molecule has 0 radical (unpaired) electrons. The molecule has 0 bridgehead atoms. The van der Waals surface area contributed by atoms with Crippen LogP contribution in [0.25, 0.3) is 10.9 Å². The van der Waals surface area contributed by atoms with E-state index in [2.05, 4.69) is 27.2 Å². The number of rotatable bonds is 4. The quantitative estimate of drug-likeness (QED) is 0.798. The number of aromatic nitrogens is 3. The highest BCUT2D eigenvalue weighted by atomic mass is 32.1. The Morgan fingerprint density at radius 3 is 2.80 bits per heavy atom. The number of nitrogens with zero attached hydrogens (tertiary/aromatic N) is 3. The lowest BCUT2D eigenvalue weighted by molar-refractivity contribution is 1.00. The first kappa shape index (κ1) is 13.0. The van der Waals surface area contributed by atoms with E-state index in [1.807, 2.05) is 31.2 Å². The smallest absolute Gasteiger partial charge is 0.137 e. The molecule has 0 aliphatic carbocycles. The molecule has 5 heteroatoms. The molecular formula is C15H16N4S. The Hall–Kier alpha value is -2.01. The molecule has 3 rings (SSSR count). The summed E-state index contributed by atoms with van der Waals surface area (Å²) >= 11 is 1.77. The van der Waals surface area contributed by atoms with Crippen molar-refractivity contribution in [2.45, 2.75) is 20.3 Å². The Morgan fingerprint density at radius 1 is 1.15 bits per heavy atom. The van der Waals surface area contributed by atoms with Gasteiger partial charge in [-0.3, -0.25) is 0 Å². The minimum absolute atomic E-state index is 0.851. The number of hydrogen-bond acceptors (Lipinski definition) is 5. The molecule has 20 heavy (non-hydrogen) atoms. The summed E-state index contributed by atoms with van der Waals surface area (Å²) in [5.41, 5.74) is 2.11. The molecule has 0 saturated carbocycles. The second-order valence-electron chi connectivity index (χ2n) is 4.66. The van der Waals surface area contributed by atoms with E-state index in [4.69, 9.17) is 0 Å². The van der Waals surface area contributed by atoms with Crippen LogP contribution in [0.4, 0.5) is 5.82 Å².